The minimum atomic E-state index is -0.315. The van der Waals surface area contributed by atoms with Crippen molar-refractivity contribution >= 4 is 45.1 Å². The summed E-state index contributed by atoms with van der Waals surface area (Å²) in [6.45, 7) is 3.93. The molecule has 0 bridgehead atoms. The van der Waals surface area contributed by atoms with Gasteiger partial charge in [0, 0.05) is 23.0 Å². The Hall–Kier alpha value is -2.64. The summed E-state index contributed by atoms with van der Waals surface area (Å²) in [7, 11) is 1.63. The Bertz CT molecular complexity index is 1360. The molecule has 3 heterocycles. The number of aryl methyl sites for hydroxylation is 2. The second kappa shape index (κ2) is 7.00. The third kappa shape index (κ3) is 2.96. The molecule has 1 fully saturated rings. The van der Waals surface area contributed by atoms with Crippen molar-refractivity contribution in [1.82, 2.24) is 13.9 Å². The number of H-pyrrole nitrogens is 1. The van der Waals surface area contributed by atoms with Gasteiger partial charge in [-0.05, 0) is 68.1 Å². The zero-order valence-electron chi connectivity index (χ0n) is 16.2. The van der Waals surface area contributed by atoms with E-state index in [1.54, 1.807) is 7.11 Å². The largest absolute Gasteiger partial charge is 0.494 e. The number of methoxy groups -OCH3 is 1. The Morgan fingerprint density at radius 2 is 1.86 bits per heavy atom. The molecular weight excluding hydrogens is 410 g/mol. The van der Waals surface area contributed by atoms with E-state index in [9.17, 15) is 9.59 Å². The van der Waals surface area contributed by atoms with Crippen molar-refractivity contribution in [2.75, 3.05) is 7.11 Å². The molecule has 1 aromatic carbocycles. The summed E-state index contributed by atoms with van der Waals surface area (Å²) in [6, 6.07) is 8.03. The van der Waals surface area contributed by atoms with Crippen molar-refractivity contribution in [3.8, 4) is 16.9 Å². The molecule has 0 radical (unpaired) electrons. The molecule has 4 aromatic rings. The maximum absolute atomic E-state index is 13.1. The predicted molar refractivity (Wildman–Crippen MR) is 119 cm³/mol. The average molecular weight is 430 g/mol. The molecule has 0 unspecified atom stereocenters. The lowest BCUT2D eigenvalue weighted by Gasteiger charge is -2.18. The Balaban J connectivity index is 0.00000205. The van der Waals surface area contributed by atoms with Crippen LogP contribution >= 0.6 is 23.9 Å². The van der Waals surface area contributed by atoms with Crippen LogP contribution < -0.4 is 15.7 Å². The number of pyridine rings is 2. The fourth-order valence-electron chi connectivity index (χ4n) is 4.00. The van der Waals surface area contributed by atoms with E-state index in [2.05, 4.69) is 13.9 Å². The number of aromatic nitrogens is 3. The topological polar surface area (TPSA) is 77.0 Å². The quantitative estimate of drug-likeness (QED) is 0.525. The number of nitrogens with one attached hydrogen (secondary N) is 1. The number of hydrogen-bond donors (Lipinski definition) is 1. The SMILES string of the molecule is COc1c(-c2cc(C)nc(C)c2)ccc2c(=O)c3c(=O)[nH]sc3n(C3CC3)c12.Cl. The van der Waals surface area contributed by atoms with Crippen LogP contribution in [0.4, 0.5) is 0 Å². The summed E-state index contributed by atoms with van der Waals surface area (Å²) >= 11 is 1.22. The van der Waals surface area contributed by atoms with E-state index in [-0.39, 0.29) is 34.8 Å². The fraction of sp³-hybridized carbons (Fsp3) is 0.286. The van der Waals surface area contributed by atoms with E-state index < -0.39 is 0 Å². The highest BCUT2D eigenvalue weighted by Gasteiger charge is 2.30. The zero-order valence-corrected chi connectivity index (χ0v) is 17.9. The number of benzene rings is 1. The monoisotopic (exact) mass is 429 g/mol. The lowest BCUT2D eigenvalue weighted by molar-refractivity contribution is 0.419. The number of halogens is 1. The molecule has 1 saturated carbocycles. The Morgan fingerprint density at radius 1 is 1.17 bits per heavy atom. The lowest BCUT2D eigenvalue weighted by atomic mass is 10.0. The van der Waals surface area contributed by atoms with Crippen molar-refractivity contribution in [1.29, 1.82) is 0 Å². The van der Waals surface area contributed by atoms with Crippen molar-refractivity contribution < 1.29 is 4.74 Å². The first-order valence-corrected chi connectivity index (χ1v) is 10.0. The third-order valence-electron chi connectivity index (χ3n) is 5.25. The second-order valence-corrected chi connectivity index (χ2v) is 8.12. The lowest BCUT2D eigenvalue weighted by Crippen LogP contribution is -2.15. The van der Waals surface area contributed by atoms with Crippen LogP contribution in [-0.2, 0) is 0 Å². The minimum Gasteiger partial charge on any atom is -0.494 e. The molecular formula is C21H20ClN3O3S. The molecule has 8 heteroatoms. The number of rotatable bonds is 3. The van der Waals surface area contributed by atoms with Crippen LogP contribution in [0, 0.1) is 13.8 Å². The number of fused-ring (bicyclic) bond motifs is 2. The van der Waals surface area contributed by atoms with Gasteiger partial charge in [0.05, 0.1) is 18.0 Å². The molecule has 150 valence electrons. The van der Waals surface area contributed by atoms with Crippen LogP contribution in [-0.4, -0.2) is 21.0 Å². The zero-order chi connectivity index (χ0) is 19.6. The van der Waals surface area contributed by atoms with Gasteiger partial charge in [0.25, 0.3) is 5.56 Å². The summed E-state index contributed by atoms with van der Waals surface area (Å²) < 4.78 is 10.7. The average Bonchev–Trinajstić information content (AvgIpc) is 3.42. The molecule has 1 N–H and O–H groups in total. The summed E-state index contributed by atoms with van der Waals surface area (Å²) in [5.74, 6) is 0.661. The maximum Gasteiger partial charge on any atom is 0.271 e. The normalized spacial score (nSPS) is 13.6. The van der Waals surface area contributed by atoms with Gasteiger partial charge in [-0.3, -0.25) is 18.9 Å². The first-order chi connectivity index (χ1) is 13.5. The van der Waals surface area contributed by atoms with E-state index in [0.29, 0.717) is 16.0 Å². The fourth-order valence-corrected chi connectivity index (χ4v) is 4.92. The number of aromatic amines is 1. The van der Waals surface area contributed by atoms with E-state index in [1.165, 1.54) is 11.5 Å². The molecule has 1 aliphatic carbocycles. The van der Waals surface area contributed by atoms with Gasteiger partial charge in [0.1, 0.15) is 10.2 Å². The van der Waals surface area contributed by atoms with Gasteiger partial charge in [-0.1, -0.05) is 0 Å². The van der Waals surface area contributed by atoms with Gasteiger partial charge in [-0.25, -0.2) is 0 Å². The van der Waals surface area contributed by atoms with Gasteiger partial charge < -0.3 is 9.30 Å². The molecule has 0 spiro atoms. The van der Waals surface area contributed by atoms with Gasteiger partial charge in [0.2, 0.25) is 5.43 Å². The predicted octanol–water partition coefficient (Wildman–Crippen LogP) is 4.35. The molecule has 1 aliphatic rings. The molecule has 3 aromatic heterocycles. The van der Waals surface area contributed by atoms with Crippen LogP contribution in [0.3, 0.4) is 0 Å². The van der Waals surface area contributed by atoms with Crippen LogP contribution in [0.1, 0.15) is 30.3 Å². The maximum atomic E-state index is 13.1. The standard InChI is InChI=1S/C21H19N3O3S.ClH/c1-10-8-12(9-11(2)22-10)14-6-7-15-17(19(14)27-3)24(13-4-5-13)21-16(18(15)25)20(26)23-28-21;/h6-9,13H,4-5H2,1-3H3,(H,23,26);1H. The first-order valence-electron chi connectivity index (χ1n) is 9.21. The van der Waals surface area contributed by atoms with Crippen molar-refractivity contribution in [2.45, 2.75) is 32.7 Å². The number of ether oxygens (including phenoxy) is 1. The molecule has 0 saturated heterocycles. The summed E-state index contributed by atoms with van der Waals surface area (Å²) in [5, 5.41) is 0.765. The van der Waals surface area contributed by atoms with E-state index >= 15 is 0 Å². The van der Waals surface area contributed by atoms with Gasteiger partial charge in [0.15, 0.2) is 5.75 Å². The Kier molecular flexibility index (Phi) is 4.75. The molecule has 0 atom stereocenters. The van der Waals surface area contributed by atoms with Crippen LogP contribution in [0.5, 0.6) is 5.75 Å². The van der Waals surface area contributed by atoms with E-state index in [4.69, 9.17) is 4.74 Å². The summed E-state index contributed by atoms with van der Waals surface area (Å²) in [4.78, 5) is 30.5. The molecule has 5 rings (SSSR count). The molecule has 29 heavy (non-hydrogen) atoms. The second-order valence-electron chi connectivity index (χ2n) is 7.32. The number of hydrogen-bond acceptors (Lipinski definition) is 5. The molecule has 0 aliphatic heterocycles. The van der Waals surface area contributed by atoms with Crippen molar-refractivity contribution in [3.05, 3.63) is 56.2 Å². The highest BCUT2D eigenvalue weighted by Crippen LogP contribution is 2.44. The smallest absolute Gasteiger partial charge is 0.271 e. The van der Waals surface area contributed by atoms with Crippen molar-refractivity contribution in [3.63, 3.8) is 0 Å². The van der Waals surface area contributed by atoms with E-state index in [0.717, 1.165) is 40.9 Å². The van der Waals surface area contributed by atoms with Crippen LogP contribution in [0.15, 0.2) is 33.9 Å². The third-order valence-corrected chi connectivity index (χ3v) is 6.13. The number of nitrogens with zero attached hydrogens (tertiary/aromatic N) is 2. The highest BCUT2D eigenvalue weighted by atomic mass is 35.5. The van der Waals surface area contributed by atoms with Crippen LogP contribution in [0.25, 0.3) is 32.2 Å². The van der Waals surface area contributed by atoms with Gasteiger partial charge in [-0.15, -0.1) is 12.4 Å². The minimum absolute atomic E-state index is 0. The Labute approximate surface area is 176 Å². The summed E-state index contributed by atoms with van der Waals surface area (Å²) in [5.41, 5.74) is 3.98. The van der Waals surface area contributed by atoms with Crippen LogP contribution in [0.2, 0.25) is 0 Å². The Morgan fingerprint density at radius 3 is 2.48 bits per heavy atom. The molecule has 0 amide bonds. The molecule has 6 nitrogen and oxygen atoms in total. The first kappa shape index (κ1) is 19.7. The highest BCUT2D eigenvalue weighted by molar-refractivity contribution is 7.12. The van der Waals surface area contributed by atoms with Gasteiger partial charge in [-0.2, -0.15) is 0 Å². The van der Waals surface area contributed by atoms with E-state index in [1.807, 2.05) is 38.1 Å². The van der Waals surface area contributed by atoms with Crippen molar-refractivity contribution in [2.24, 2.45) is 0 Å². The summed E-state index contributed by atoms with van der Waals surface area (Å²) in [6.07, 6.45) is 2.06. The van der Waals surface area contributed by atoms with Gasteiger partial charge >= 0.3 is 0 Å².